The molecule has 6 aromatic rings. The summed E-state index contributed by atoms with van der Waals surface area (Å²) in [6.07, 6.45) is 0. The van der Waals surface area contributed by atoms with E-state index in [9.17, 15) is 9.59 Å². The van der Waals surface area contributed by atoms with Crippen LogP contribution in [-0.4, -0.2) is 14.2 Å². The molecule has 0 N–H and O–H groups in total. The normalized spacial score (nSPS) is 11.5. The van der Waals surface area contributed by atoms with E-state index in [1.54, 1.807) is 48.5 Å². The second kappa shape index (κ2) is 7.41. The minimum absolute atomic E-state index is 0.203. The second-order valence-electron chi connectivity index (χ2n) is 7.62. The lowest BCUT2D eigenvalue weighted by atomic mass is 10.1. The third-order valence-corrected chi connectivity index (χ3v) is 5.62. The number of methoxy groups -OCH3 is 2. The second-order valence-corrected chi connectivity index (χ2v) is 7.62. The van der Waals surface area contributed by atoms with Gasteiger partial charge in [-0.3, -0.25) is 0 Å². The van der Waals surface area contributed by atoms with Gasteiger partial charge >= 0.3 is 11.3 Å². The van der Waals surface area contributed by atoms with Gasteiger partial charge in [-0.1, -0.05) is 18.2 Å². The molecule has 0 aliphatic rings. The molecule has 34 heavy (non-hydrogen) atoms. The number of benzene rings is 2. The summed E-state index contributed by atoms with van der Waals surface area (Å²) in [5.41, 5.74) is 0.931. The summed E-state index contributed by atoms with van der Waals surface area (Å²) < 4.78 is 33.3. The Morgan fingerprint density at radius 2 is 1.26 bits per heavy atom. The highest BCUT2D eigenvalue weighted by molar-refractivity contribution is 5.90. The van der Waals surface area contributed by atoms with Crippen LogP contribution >= 0.6 is 0 Å². The maximum atomic E-state index is 12.7. The van der Waals surface area contributed by atoms with E-state index in [1.807, 2.05) is 12.1 Å². The number of furan rings is 2. The van der Waals surface area contributed by atoms with Crippen molar-refractivity contribution >= 4 is 33.1 Å². The lowest BCUT2D eigenvalue weighted by molar-refractivity contribution is 0.396. The zero-order chi connectivity index (χ0) is 23.4. The van der Waals surface area contributed by atoms with Gasteiger partial charge in [0.2, 0.25) is 0 Å². The largest absolute Gasteiger partial charge is 0.496 e. The van der Waals surface area contributed by atoms with E-state index in [-0.39, 0.29) is 16.9 Å². The smallest absolute Gasteiger partial charge is 0.347 e. The Hall–Kier alpha value is -4.72. The molecule has 0 saturated heterocycles. The van der Waals surface area contributed by atoms with Crippen LogP contribution in [0.2, 0.25) is 0 Å². The summed E-state index contributed by atoms with van der Waals surface area (Å²) in [4.78, 5) is 25.2. The molecule has 0 aliphatic carbocycles. The molecule has 0 bridgehead atoms. The molecule has 6 rings (SSSR count). The Balaban J connectivity index is 1.46. The van der Waals surface area contributed by atoms with Crippen LogP contribution in [0.4, 0.5) is 0 Å². The third-order valence-electron chi connectivity index (χ3n) is 5.62. The fraction of sp³-hybridized carbons (Fsp3) is 0.0769. The van der Waals surface area contributed by atoms with Crippen LogP contribution in [0.1, 0.15) is 0 Å². The molecule has 4 aromatic heterocycles. The Kier molecular flexibility index (Phi) is 4.35. The highest BCUT2D eigenvalue weighted by Crippen LogP contribution is 2.36. The monoisotopic (exact) mass is 456 g/mol. The van der Waals surface area contributed by atoms with Gasteiger partial charge < -0.3 is 27.1 Å². The molecular formula is C26H16O8. The van der Waals surface area contributed by atoms with Crippen molar-refractivity contribution in [1.29, 1.82) is 0 Å². The summed E-state index contributed by atoms with van der Waals surface area (Å²) in [6, 6.07) is 17.0. The van der Waals surface area contributed by atoms with Gasteiger partial charge in [0, 0.05) is 29.7 Å². The first-order chi connectivity index (χ1) is 16.5. The maximum Gasteiger partial charge on any atom is 0.347 e. The van der Waals surface area contributed by atoms with E-state index in [1.165, 1.54) is 14.2 Å². The molecule has 8 nitrogen and oxygen atoms in total. The molecule has 168 valence electrons. The van der Waals surface area contributed by atoms with Crippen molar-refractivity contribution in [3.05, 3.63) is 81.5 Å². The fourth-order valence-electron chi connectivity index (χ4n) is 3.96. The van der Waals surface area contributed by atoms with E-state index < -0.39 is 11.3 Å². The van der Waals surface area contributed by atoms with E-state index in [0.29, 0.717) is 45.0 Å². The summed E-state index contributed by atoms with van der Waals surface area (Å²) in [5.74, 6) is 1.56. The van der Waals surface area contributed by atoms with Gasteiger partial charge in [-0.25, -0.2) is 9.59 Å². The van der Waals surface area contributed by atoms with Crippen molar-refractivity contribution in [3.8, 4) is 34.1 Å². The van der Waals surface area contributed by atoms with Crippen LogP contribution in [-0.2, 0) is 0 Å². The lowest BCUT2D eigenvalue weighted by Crippen LogP contribution is -2.03. The quantitative estimate of drug-likeness (QED) is 0.316. The number of fused-ring (bicyclic) bond motifs is 3. The van der Waals surface area contributed by atoms with Gasteiger partial charge in [0.05, 0.1) is 19.6 Å². The van der Waals surface area contributed by atoms with Gasteiger partial charge in [-0.2, -0.15) is 0 Å². The first-order valence-corrected chi connectivity index (χ1v) is 10.3. The predicted molar refractivity (Wildman–Crippen MR) is 125 cm³/mol. The number of ether oxygens (including phenoxy) is 2. The minimum Gasteiger partial charge on any atom is -0.496 e. The number of para-hydroxylation sites is 1. The lowest BCUT2D eigenvalue weighted by Gasteiger charge is -2.08. The molecule has 0 unspecified atom stereocenters. The molecule has 0 spiro atoms. The average Bonchev–Trinajstić information content (AvgIpc) is 3.41. The third kappa shape index (κ3) is 3.07. The molecule has 2 aromatic carbocycles. The van der Waals surface area contributed by atoms with Crippen molar-refractivity contribution in [2.75, 3.05) is 14.2 Å². The molecule has 0 atom stereocenters. The van der Waals surface area contributed by atoms with E-state index in [4.69, 9.17) is 27.1 Å². The van der Waals surface area contributed by atoms with Crippen molar-refractivity contribution in [2.45, 2.75) is 0 Å². The van der Waals surface area contributed by atoms with Crippen LogP contribution in [0.25, 0.3) is 55.8 Å². The molecule has 0 aliphatic heterocycles. The van der Waals surface area contributed by atoms with Gasteiger partial charge in [-0.15, -0.1) is 0 Å². The Morgan fingerprint density at radius 1 is 0.618 bits per heavy atom. The first kappa shape index (κ1) is 19.9. The highest BCUT2D eigenvalue weighted by Gasteiger charge is 2.20. The molecule has 4 heterocycles. The van der Waals surface area contributed by atoms with Crippen LogP contribution in [0, 0.1) is 0 Å². The van der Waals surface area contributed by atoms with Crippen molar-refractivity contribution in [1.82, 2.24) is 0 Å². The standard InChI is InChI=1S/C26H16O8/c1-29-14-8-19(30-2)15-10-17(26(28)34-20(15)9-14)22-12-24-23(32-22)11-21(31-24)16-7-13-5-3-4-6-18(13)33-25(16)27/h3-12H,1-2H3. The number of rotatable bonds is 4. The summed E-state index contributed by atoms with van der Waals surface area (Å²) in [7, 11) is 3.03. The zero-order valence-electron chi connectivity index (χ0n) is 18.0. The number of hydrogen-bond acceptors (Lipinski definition) is 8. The topological polar surface area (TPSA) is 105 Å². The van der Waals surface area contributed by atoms with Crippen LogP contribution in [0.3, 0.4) is 0 Å². The molecule has 0 fully saturated rings. The van der Waals surface area contributed by atoms with Crippen LogP contribution in [0.15, 0.2) is 87.9 Å². The predicted octanol–water partition coefficient (Wildman–Crippen LogP) is 5.59. The Morgan fingerprint density at radius 3 is 1.94 bits per heavy atom. The van der Waals surface area contributed by atoms with Gasteiger partial charge in [-0.05, 0) is 18.2 Å². The first-order valence-electron chi connectivity index (χ1n) is 10.3. The minimum atomic E-state index is -0.588. The molecule has 0 amide bonds. The van der Waals surface area contributed by atoms with Crippen molar-refractivity contribution < 1.29 is 27.1 Å². The zero-order valence-corrected chi connectivity index (χ0v) is 18.0. The number of hydrogen-bond donors (Lipinski definition) is 0. The average molecular weight is 456 g/mol. The summed E-state index contributed by atoms with van der Waals surface area (Å²) in [6.45, 7) is 0. The summed E-state index contributed by atoms with van der Waals surface area (Å²) >= 11 is 0. The van der Waals surface area contributed by atoms with Gasteiger partial charge in [0.15, 0.2) is 11.2 Å². The van der Waals surface area contributed by atoms with Crippen molar-refractivity contribution in [2.24, 2.45) is 0 Å². The van der Waals surface area contributed by atoms with Crippen LogP contribution in [0.5, 0.6) is 11.5 Å². The molecule has 0 radical (unpaired) electrons. The van der Waals surface area contributed by atoms with E-state index in [0.717, 1.165) is 5.39 Å². The maximum absolute atomic E-state index is 12.7. The molecular weight excluding hydrogens is 440 g/mol. The molecule has 0 saturated carbocycles. The highest BCUT2D eigenvalue weighted by atomic mass is 16.5. The molecule has 8 heteroatoms. The van der Waals surface area contributed by atoms with E-state index >= 15 is 0 Å². The summed E-state index contributed by atoms with van der Waals surface area (Å²) in [5, 5.41) is 1.35. The fourth-order valence-corrected chi connectivity index (χ4v) is 3.96. The van der Waals surface area contributed by atoms with Crippen LogP contribution < -0.4 is 20.7 Å². The van der Waals surface area contributed by atoms with E-state index in [2.05, 4.69) is 0 Å². The van der Waals surface area contributed by atoms with Gasteiger partial charge in [0.1, 0.15) is 45.3 Å². The SMILES string of the molecule is COc1cc(OC)c2cc(-c3cc4oc(-c5cc6ccccc6oc5=O)cc4o3)c(=O)oc2c1. The Bertz CT molecular complexity index is 1800. The Labute approximate surface area is 190 Å². The van der Waals surface area contributed by atoms with Crippen molar-refractivity contribution in [3.63, 3.8) is 0 Å². The van der Waals surface area contributed by atoms with Gasteiger partial charge in [0.25, 0.3) is 0 Å².